The van der Waals surface area contributed by atoms with E-state index in [1.807, 2.05) is 6.07 Å². The lowest BCUT2D eigenvalue weighted by Crippen LogP contribution is -2.26. The van der Waals surface area contributed by atoms with Crippen LogP contribution < -0.4 is 0 Å². The highest BCUT2D eigenvalue weighted by molar-refractivity contribution is 5.96. The van der Waals surface area contributed by atoms with Gasteiger partial charge in [0.05, 0.1) is 18.4 Å². The van der Waals surface area contributed by atoms with Crippen molar-refractivity contribution >= 4 is 28.0 Å². The number of amides is 1. The second-order valence-corrected chi connectivity index (χ2v) is 7.14. The zero-order chi connectivity index (χ0) is 18.5. The fourth-order valence-corrected chi connectivity index (χ4v) is 3.45. The summed E-state index contributed by atoms with van der Waals surface area (Å²) >= 11 is 0. The van der Waals surface area contributed by atoms with Gasteiger partial charge < -0.3 is 14.5 Å². The van der Waals surface area contributed by atoms with Crippen LogP contribution in [0.2, 0.25) is 0 Å². The van der Waals surface area contributed by atoms with Crippen molar-refractivity contribution in [1.82, 2.24) is 24.4 Å². The van der Waals surface area contributed by atoms with Crippen molar-refractivity contribution < 1.29 is 9.18 Å². The highest BCUT2D eigenvalue weighted by atomic mass is 19.1. The van der Waals surface area contributed by atoms with Crippen molar-refractivity contribution in [1.29, 1.82) is 0 Å². The van der Waals surface area contributed by atoms with Gasteiger partial charge >= 0.3 is 0 Å². The van der Waals surface area contributed by atoms with Gasteiger partial charge in [0.15, 0.2) is 5.65 Å². The molecule has 3 heterocycles. The molecule has 1 aromatic carbocycles. The first kappa shape index (κ1) is 16.0. The number of nitrogens with one attached hydrogen (secondary N) is 1. The first-order valence-corrected chi connectivity index (χ1v) is 8.94. The number of aromatic amines is 1. The Morgan fingerprint density at radius 3 is 2.96 bits per heavy atom. The standard InChI is InChI=1S/C20H18FN5O/c1-25(10-15-7-12-6-14(21)2-5-17(12)24-15)20(27)13-8-18-19(22-9-13)26(11-23-18)16-3-4-16/h2,5-9,11,16,24H,3-4,10H2,1H3. The summed E-state index contributed by atoms with van der Waals surface area (Å²) < 4.78 is 15.4. The number of rotatable bonds is 4. The molecule has 4 aromatic rings. The maximum atomic E-state index is 13.3. The lowest BCUT2D eigenvalue weighted by molar-refractivity contribution is 0.0783. The van der Waals surface area contributed by atoms with Gasteiger partial charge in [0.25, 0.3) is 5.91 Å². The number of nitrogens with zero attached hydrogens (tertiary/aromatic N) is 4. The molecule has 0 radical (unpaired) electrons. The minimum atomic E-state index is -0.275. The highest BCUT2D eigenvalue weighted by Crippen LogP contribution is 2.36. The number of H-pyrrole nitrogens is 1. The van der Waals surface area contributed by atoms with E-state index in [1.165, 1.54) is 12.1 Å². The van der Waals surface area contributed by atoms with E-state index in [0.29, 0.717) is 18.2 Å². The number of carbonyl (C=O) groups excluding carboxylic acids is 1. The van der Waals surface area contributed by atoms with Gasteiger partial charge in [-0.15, -0.1) is 0 Å². The molecule has 5 rings (SSSR count). The molecule has 0 aliphatic heterocycles. The summed E-state index contributed by atoms with van der Waals surface area (Å²) in [4.78, 5) is 26.5. The summed E-state index contributed by atoms with van der Waals surface area (Å²) in [7, 11) is 1.74. The Kier molecular flexibility index (Phi) is 3.50. The molecule has 0 saturated heterocycles. The van der Waals surface area contributed by atoms with Gasteiger partial charge in [-0.2, -0.15) is 0 Å². The molecule has 7 heteroatoms. The molecule has 0 atom stereocenters. The number of benzene rings is 1. The molecule has 1 saturated carbocycles. The maximum Gasteiger partial charge on any atom is 0.255 e. The van der Waals surface area contributed by atoms with E-state index >= 15 is 0 Å². The zero-order valence-corrected chi connectivity index (χ0v) is 14.8. The van der Waals surface area contributed by atoms with Crippen LogP contribution in [0.1, 0.15) is 34.9 Å². The van der Waals surface area contributed by atoms with Crippen LogP contribution in [0.5, 0.6) is 0 Å². The topological polar surface area (TPSA) is 66.8 Å². The number of pyridine rings is 1. The number of imidazole rings is 1. The van der Waals surface area contributed by atoms with Crippen LogP contribution in [0.4, 0.5) is 4.39 Å². The predicted molar refractivity (Wildman–Crippen MR) is 99.9 cm³/mol. The first-order valence-electron chi connectivity index (χ1n) is 8.94. The van der Waals surface area contributed by atoms with Crippen molar-refractivity contribution in [3.05, 3.63) is 59.9 Å². The van der Waals surface area contributed by atoms with Crippen molar-refractivity contribution in [3.63, 3.8) is 0 Å². The number of aromatic nitrogens is 4. The minimum absolute atomic E-state index is 0.129. The molecular weight excluding hydrogens is 345 g/mol. The average Bonchev–Trinajstić information content (AvgIpc) is 3.29. The van der Waals surface area contributed by atoms with Gasteiger partial charge in [0, 0.05) is 35.9 Å². The second-order valence-electron chi connectivity index (χ2n) is 7.14. The molecule has 3 aromatic heterocycles. The molecular formula is C20H18FN5O. The quantitative estimate of drug-likeness (QED) is 0.602. The average molecular weight is 363 g/mol. The van der Waals surface area contributed by atoms with Crippen molar-refractivity contribution in [2.45, 2.75) is 25.4 Å². The van der Waals surface area contributed by atoms with E-state index in [-0.39, 0.29) is 11.7 Å². The van der Waals surface area contributed by atoms with Crippen LogP contribution in [0.3, 0.4) is 0 Å². The molecule has 1 aliphatic carbocycles. The molecule has 6 nitrogen and oxygen atoms in total. The molecule has 0 unspecified atom stereocenters. The third kappa shape index (κ3) is 2.85. The predicted octanol–water partition coefficient (Wildman–Crippen LogP) is 3.66. The van der Waals surface area contributed by atoms with Gasteiger partial charge in [0.2, 0.25) is 0 Å². The largest absolute Gasteiger partial charge is 0.357 e. The lowest BCUT2D eigenvalue weighted by atomic mass is 10.2. The zero-order valence-electron chi connectivity index (χ0n) is 14.8. The Balaban J connectivity index is 1.38. The molecule has 0 spiro atoms. The third-order valence-corrected chi connectivity index (χ3v) is 4.99. The number of halogens is 1. The second kappa shape index (κ2) is 5.90. The Morgan fingerprint density at radius 1 is 1.30 bits per heavy atom. The van der Waals surface area contributed by atoms with Gasteiger partial charge in [0.1, 0.15) is 11.3 Å². The van der Waals surface area contributed by atoms with Crippen LogP contribution >= 0.6 is 0 Å². The van der Waals surface area contributed by atoms with Gasteiger partial charge in [-0.25, -0.2) is 14.4 Å². The van der Waals surface area contributed by atoms with E-state index in [2.05, 4.69) is 19.5 Å². The molecule has 1 aliphatic rings. The minimum Gasteiger partial charge on any atom is -0.357 e. The Labute approximate surface area is 154 Å². The van der Waals surface area contributed by atoms with Crippen LogP contribution in [0.15, 0.2) is 42.9 Å². The molecule has 1 amide bonds. The van der Waals surface area contributed by atoms with Gasteiger partial charge in [-0.3, -0.25) is 4.79 Å². The monoisotopic (exact) mass is 363 g/mol. The van der Waals surface area contributed by atoms with Gasteiger partial charge in [-0.1, -0.05) is 0 Å². The summed E-state index contributed by atoms with van der Waals surface area (Å²) in [5.74, 6) is -0.405. The van der Waals surface area contributed by atoms with Crippen LogP contribution in [0, 0.1) is 5.82 Å². The number of carbonyl (C=O) groups is 1. The van der Waals surface area contributed by atoms with E-state index in [4.69, 9.17) is 0 Å². The highest BCUT2D eigenvalue weighted by Gasteiger charge is 2.26. The van der Waals surface area contributed by atoms with E-state index in [0.717, 1.165) is 40.6 Å². The van der Waals surface area contributed by atoms with Crippen LogP contribution in [-0.2, 0) is 6.54 Å². The third-order valence-electron chi connectivity index (χ3n) is 4.99. The van der Waals surface area contributed by atoms with Crippen molar-refractivity contribution in [3.8, 4) is 0 Å². The molecule has 27 heavy (non-hydrogen) atoms. The molecule has 0 bridgehead atoms. The fourth-order valence-electron chi connectivity index (χ4n) is 3.45. The smallest absolute Gasteiger partial charge is 0.255 e. The summed E-state index contributed by atoms with van der Waals surface area (Å²) in [5.41, 5.74) is 3.77. The fraction of sp³-hybridized carbons (Fsp3) is 0.250. The summed E-state index contributed by atoms with van der Waals surface area (Å²) in [6.45, 7) is 0.393. The van der Waals surface area contributed by atoms with Crippen LogP contribution in [-0.4, -0.2) is 37.4 Å². The Hall–Kier alpha value is -3.22. The van der Waals surface area contributed by atoms with E-state index < -0.39 is 0 Å². The molecule has 1 N–H and O–H groups in total. The first-order chi connectivity index (χ1) is 13.1. The number of hydrogen-bond donors (Lipinski definition) is 1. The molecule has 1 fully saturated rings. The summed E-state index contributed by atoms with van der Waals surface area (Å²) in [6, 6.07) is 8.74. The van der Waals surface area contributed by atoms with Crippen LogP contribution in [0.25, 0.3) is 22.1 Å². The van der Waals surface area contributed by atoms with E-state index in [9.17, 15) is 9.18 Å². The normalized spacial score (nSPS) is 14.1. The SMILES string of the molecule is CN(Cc1cc2cc(F)ccc2[nH]1)C(=O)c1cnc2c(c1)ncn2C1CC1. The van der Waals surface area contributed by atoms with E-state index in [1.54, 1.807) is 36.6 Å². The summed E-state index contributed by atoms with van der Waals surface area (Å²) in [5, 5.41) is 0.791. The number of hydrogen-bond acceptors (Lipinski definition) is 3. The van der Waals surface area contributed by atoms with Crippen molar-refractivity contribution in [2.75, 3.05) is 7.05 Å². The van der Waals surface area contributed by atoms with Crippen molar-refractivity contribution in [2.24, 2.45) is 0 Å². The maximum absolute atomic E-state index is 13.3. The Morgan fingerprint density at radius 2 is 2.15 bits per heavy atom. The van der Waals surface area contributed by atoms with Gasteiger partial charge in [-0.05, 0) is 43.2 Å². The summed E-state index contributed by atoms with van der Waals surface area (Å²) in [6.07, 6.45) is 5.73. The number of fused-ring (bicyclic) bond motifs is 2. The Bertz CT molecular complexity index is 1170. The lowest BCUT2D eigenvalue weighted by Gasteiger charge is -2.16. The molecule has 136 valence electrons.